The van der Waals surface area contributed by atoms with Gasteiger partial charge in [0.25, 0.3) is 0 Å². The van der Waals surface area contributed by atoms with E-state index in [0.717, 1.165) is 0 Å². The monoisotopic (exact) mass is 284 g/mol. The molecule has 2 nitrogen and oxygen atoms in total. The maximum Gasteiger partial charge on any atom is 0.145 e. The highest BCUT2D eigenvalue weighted by Gasteiger charge is 2.41. The number of hydrogen-bond acceptors (Lipinski definition) is 2. The standard InChI is InChI=1S/C15H18ClFO2/c1-8-9(2)19-10(3)14(8)13(18)7-11-5-4-6-12(16)15(11)17/h4-6,8-10,14H,7H2,1-3H3. The van der Waals surface area contributed by atoms with Crippen molar-refractivity contribution >= 4 is 17.4 Å². The third-order valence-corrected chi connectivity index (χ3v) is 4.30. The Hall–Kier alpha value is -0.930. The molecule has 1 aliphatic rings. The van der Waals surface area contributed by atoms with Gasteiger partial charge in [0.05, 0.1) is 17.2 Å². The summed E-state index contributed by atoms with van der Waals surface area (Å²) in [5, 5.41) is 0.0578. The number of ether oxygens (including phenoxy) is 1. The first-order valence-electron chi connectivity index (χ1n) is 6.53. The van der Waals surface area contributed by atoms with Gasteiger partial charge >= 0.3 is 0 Å². The maximum absolute atomic E-state index is 13.8. The molecule has 1 heterocycles. The minimum Gasteiger partial charge on any atom is -0.375 e. The number of hydrogen-bond donors (Lipinski definition) is 0. The van der Waals surface area contributed by atoms with Crippen molar-refractivity contribution in [1.82, 2.24) is 0 Å². The van der Waals surface area contributed by atoms with Crippen molar-refractivity contribution in [3.63, 3.8) is 0 Å². The number of rotatable bonds is 3. The summed E-state index contributed by atoms with van der Waals surface area (Å²) in [5.74, 6) is -0.492. The molecule has 0 aromatic heterocycles. The summed E-state index contributed by atoms with van der Waals surface area (Å²) in [4.78, 5) is 12.4. The second-order valence-electron chi connectivity index (χ2n) is 5.29. The third kappa shape index (κ3) is 2.82. The van der Waals surface area contributed by atoms with E-state index in [-0.39, 0.29) is 41.3 Å². The van der Waals surface area contributed by atoms with Crippen LogP contribution in [0.2, 0.25) is 5.02 Å². The van der Waals surface area contributed by atoms with E-state index in [4.69, 9.17) is 16.3 Å². The highest BCUT2D eigenvalue weighted by atomic mass is 35.5. The number of carbonyl (C=O) groups excluding carboxylic acids is 1. The summed E-state index contributed by atoms with van der Waals surface area (Å²) in [6.07, 6.45) is 0.0230. The molecule has 2 rings (SSSR count). The lowest BCUT2D eigenvalue weighted by Crippen LogP contribution is -2.28. The van der Waals surface area contributed by atoms with Crippen LogP contribution in [0.15, 0.2) is 18.2 Å². The number of benzene rings is 1. The molecule has 0 N–H and O–H groups in total. The zero-order valence-electron chi connectivity index (χ0n) is 11.3. The van der Waals surface area contributed by atoms with E-state index in [1.165, 1.54) is 6.07 Å². The summed E-state index contributed by atoms with van der Waals surface area (Å²) in [5.41, 5.74) is 0.358. The number of halogens is 2. The second kappa shape index (κ2) is 5.59. The van der Waals surface area contributed by atoms with E-state index in [0.29, 0.717) is 5.56 Å². The largest absolute Gasteiger partial charge is 0.375 e. The molecule has 0 bridgehead atoms. The van der Waals surface area contributed by atoms with Gasteiger partial charge in [-0.15, -0.1) is 0 Å². The van der Waals surface area contributed by atoms with Crippen LogP contribution in [0.4, 0.5) is 4.39 Å². The summed E-state index contributed by atoms with van der Waals surface area (Å²) in [6, 6.07) is 4.75. The topological polar surface area (TPSA) is 26.3 Å². The highest BCUT2D eigenvalue weighted by molar-refractivity contribution is 6.30. The molecular formula is C15H18ClFO2. The molecule has 4 atom stereocenters. The first-order chi connectivity index (χ1) is 8.91. The van der Waals surface area contributed by atoms with Gasteiger partial charge in [0.1, 0.15) is 11.6 Å². The van der Waals surface area contributed by atoms with Gasteiger partial charge in [-0.2, -0.15) is 0 Å². The minimum absolute atomic E-state index is 0.0190. The summed E-state index contributed by atoms with van der Waals surface area (Å²) in [6.45, 7) is 5.87. The van der Waals surface area contributed by atoms with E-state index in [2.05, 4.69) is 0 Å². The predicted molar refractivity (Wildman–Crippen MR) is 72.8 cm³/mol. The highest BCUT2D eigenvalue weighted by Crippen LogP contribution is 2.33. The molecule has 104 valence electrons. The smallest absolute Gasteiger partial charge is 0.145 e. The Balaban J connectivity index is 2.15. The molecule has 4 unspecified atom stereocenters. The fourth-order valence-corrected chi connectivity index (χ4v) is 3.01. The molecule has 1 saturated heterocycles. The van der Waals surface area contributed by atoms with Gasteiger partial charge in [-0.1, -0.05) is 30.7 Å². The van der Waals surface area contributed by atoms with E-state index in [1.54, 1.807) is 12.1 Å². The summed E-state index contributed by atoms with van der Waals surface area (Å²) in [7, 11) is 0. The lowest BCUT2D eigenvalue weighted by atomic mass is 9.84. The number of Topliss-reactive ketones (excluding diaryl/α,β-unsaturated/α-hetero) is 1. The molecule has 4 heteroatoms. The minimum atomic E-state index is -0.496. The summed E-state index contributed by atoms with van der Waals surface area (Å²) < 4.78 is 19.5. The molecule has 1 aromatic carbocycles. The fraction of sp³-hybridized carbons (Fsp3) is 0.533. The van der Waals surface area contributed by atoms with E-state index >= 15 is 0 Å². The van der Waals surface area contributed by atoms with Crippen LogP contribution in [0.25, 0.3) is 0 Å². The Labute approximate surface area is 117 Å². The SMILES string of the molecule is CC1OC(C)C(C(=O)Cc2cccc(Cl)c2F)C1C. The molecule has 0 amide bonds. The molecule has 0 spiro atoms. The van der Waals surface area contributed by atoms with Crippen molar-refractivity contribution in [2.45, 2.75) is 39.4 Å². The summed E-state index contributed by atoms with van der Waals surface area (Å²) >= 11 is 5.73. The molecule has 0 aliphatic carbocycles. The molecule has 0 radical (unpaired) electrons. The van der Waals surface area contributed by atoms with Crippen molar-refractivity contribution in [2.24, 2.45) is 11.8 Å². The number of carbonyl (C=O) groups is 1. The second-order valence-corrected chi connectivity index (χ2v) is 5.69. The van der Waals surface area contributed by atoms with Crippen LogP contribution < -0.4 is 0 Å². The quantitative estimate of drug-likeness (QED) is 0.847. The van der Waals surface area contributed by atoms with E-state index in [9.17, 15) is 9.18 Å². The number of ketones is 1. The first-order valence-corrected chi connectivity index (χ1v) is 6.90. The van der Waals surface area contributed by atoms with Crippen molar-refractivity contribution in [3.05, 3.63) is 34.6 Å². The van der Waals surface area contributed by atoms with Gasteiger partial charge in [0.15, 0.2) is 0 Å². The predicted octanol–water partition coefficient (Wildman–Crippen LogP) is 3.65. The Bertz CT molecular complexity index is 489. The van der Waals surface area contributed by atoms with Crippen molar-refractivity contribution < 1.29 is 13.9 Å². The lowest BCUT2D eigenvalue weighted by molar-refractivity contribution is -0.124. The van der Waals surface area contributed by atoms with E-state index in [1.807, 2.05) is 20.8 Å². The van der Waals surface area contributed by atoms with Gasteiger partial charge in [-0.3, -0.25) is 4.79 Å². The first kappa shape index (κ1) is 14.5. The van der Waals surface area contributed by atoms with Crippen molar-refractivity contribution in [2.75, 3.05) is 0 Å². The van der Waals surface area contributed by atoms with Crippen LogP contribution in [0, 0.1) is 17.7 Å². The van der Waals surface area contributed by atoms with Gasteiger partial charge in [-0.05, 0) is 31.4 Å². The maximum atomic E-state index is 13.8. The van der Waals surface area contributed by atoms with Gasteiger partial charge in [-0.25, -0.2) is 4.39 Å². The lowest BCUT2D eigenvalue weighted by Gasteiger charge is -2.17. The molecular weight excluding hydrogens is 267 g/mol. The zero-order chi connectivity index (χ0) is 14.2. The van der Waals surface area contributed by atoms with Crippen LogP contribution in [0.3, 0.4) is 0 Å². The van der Waals surface area contributed by atoms with Crippen LogP contribution in [0.1, 0.15) is 26.3 Å². The van der Waals surface area contributed by atoms with Gasteiger partial charge in [0.2, 0.25) is 0 Å². The molecule has 19 heavy (non-hydrogen) atoms. The van der Waals surface area contributed by atoms with Crippen LogP contribution in [-0.4, -0.2) is 18.0 Å². The van der Waals surface area contributed by atoms with Crippen molar-refractivity contribution in [1.29, 1.82) is 0 Å². The molecule has 1 aromatic rings. The molecule has 0 saturated carbocycles. The van der Waals surface area contributed by atoms with Crippen LogP contribution in [0.5, 0.6) is 0 Å². The Kier molecular flexibility index (Phi) is 4.26. The zero-order valence-corrected chi connectivity index (χ0v) is 12.1. The average Bonchev–Trinajstić information content (AvgIpc) is 2.59. The Morgan fingerprint density at radius 2 is 2.00 bits per heavy atom. The van der Waals surface area contributed by atoms with E-state index < -0.39 is 5.82 Å². The van der Waals surface area contributed by atoms with Gasteiger partial charge in [0, 0.05) is 12.3 Å². The van der Waals surface area contributed by atoms with Gasteiger partial charge < -0.3 is 4.74 Å². The third-order valence-electron chi connectivity index (χ3n) is 4.01. The average molecular weight is 285 g/mol. The normalized spacial score (nSPS) is 30.6. The Morgan fingerprint density at radius 1 is 1.32 bits per heavy atom. The van der Waals surface area contributed by atoms with Crippen molar-refractivity contribution in [3.8, 4) is 0 Å². The fourth-order valence-electron chi connectivity index (χ4n) is 2.81. The molecule has 1 fully saturated rings. The molecule has 1 aliphatic heterocycles. The van der Waals surface area contributed by atoms with Crippen LogP contribution >= 0.6 is 11.6 Å². The van der Waals surface area contributed by atoms with Crippen LogP contribution in [-0.2, 0) is 16.0 Å². The Morgan fingerprint density at radius 3 is 2.58 bits per heavy atom.